The molecule has 5 nitrogen and oxygen atoms in total. The lowest BCUT2D eigenvalue weighted by molar-refractivity contribution is 0.578. The van der Waals surface area contributed by atoms with Gasteiger partial charge in [0.1, 0.15) is 4.95 Å². The fourth-order valence-electron chi connectivity index (χ4n) is 2.15. The van der Waals surface area contributed by atoms with E-state index in [2.05, 4.69) is 53.2 Å². The molecule has 1 aromatic carbocycles. The number of rotatable bonds is 2. The summed E-state index contributed by atoms with van der Waals surface area (Å²) in [6, 6.07) is 8.21. The largest absolute Gasteiger partial charge is 0.378 e. The topological polar surface area (TPSA) is 43.2 Å². The van der Waals surface area contributed by atoms with E-state index in [0.717, 1.165) is 29.6 Å². The maximum atomic E-state index is 4.51. The number of alkyl halides is 1. The first-order valence-corrected chi connectivity index (χ1v) is 7.33. The van der Waals surface area contributed by atoms with Gasteiger partial charge in [0.2, 0.25) is 0 Å². The highest BCUT2D eigenvalue weighted by atomic mass is 79.9. The Kier molecular flexibility index (Phi) is 3.48. The summed E-state index contributed by atoms with van der Waals surface area (Å²) in [5.41, 5.74) is 2.15. The third-order valence-electron chi connectivity index (χ3n) is 3.21. The van der Waals surface area contributed by atoms with Gasteiger partial charge in [-0.1, -0.05) is 22.0 Å². The van der Waals surface area contributed by atoms with E-state index in [9.17, 15) is 0 Å². The van der Waals surface area contributed by atoms with Gasteiger partial charge in [-0.25, -0.2) is 4.99 Å². The number of hydrogen-bond donors (Lipinski definition) is 1. The van der Waals surface area contributed by atoms with Crippen molar-refractivity contribution < 1.29 is 0 Å². The van der Waals surface area contributed by atoms with Crippen molar-refractivity contribution in [3.8, 4) is 0 Å². The highest BCUT2D eigenvalue weighted by molar-refractivity contribution is 9.09. The van der Waals surface area contributed by atoms with E-state index in [0.29, 0.717) is 0 Å². The van der Waals surface area contributed by atoms with Crippen LogP contribution in [0.1, 0.15) is 0 Å². The van der Waals surface area contributed by atoms with Crippen LogP contribution in [0.4, 0.5) is 11.4 Å². The minimum absolute atomic E-state index is 0.217. The molecular weight excluding hydrogens is 318 g/mol. The molecule has 0 radical (unpaired) electrons. The molecule has 1 N–H and O–H groups in total. The van der Waals surface area contributed by atoms with Gasteiger partial charge in [0.25, 0.3) is 0 Å². The summed E-state index contributed by atoms with van der Waals surface area (Å²) in [6.07, 6.45) is 3.73. The summed E-state index contributed by atoms with van der Waals surface area (Å²) in [7, 11) is 4.05. The van der Waals surface area contributed by atoms with Crippen LogP contribution in [0.2, 0.25) is 0 Å². The lowest BCUT2D eigenvalue weighted by Crippen LogP contribution is -2.38. The number of fused-ring (bicyclic) bond motifs is 1. The Morgan fingerprint density at radius 2 is 2.25 bits per heavy atom. The second-order valence-electron chi connectivity index (χ2n) is 4.85. The summed E-state index contributed by atoms with van der Waals surface area (Å²) in [4.78, 5) is 13.3. The fraction of sp³-hybridized carbons (Fsp3) is 0.286. The average molecular weight is 334 g/mol. The third kappa shape index (κ3) is 2.43. The van der Waals surface area contributed by atoms with Crippen LogP contribution in [0.5, 0.6) is 0 Å². The first-order chi connectivity index (χ1) is 9.65. The molecule has 0 bridgehead atoms. The van der Waals surface area contributed by atoms with E-state index >= 15 is 0 Å². The Bertz CT molecular complexity index is 605. The van der Waals surface area contributed by atoms with E-state index < -0.39 is 0 Å². The van der Waals surface area contributed by atoms with Gasteiger partial charge < -0.3 is 15.1 Å². The standard InChI is InChI=1S/C14H16BrN5/c1-19(2)11-5-3-4-10(8-11)18-13-14-17-9-12(15)20(14)7-6-16-13/h3-8,12H,9H2,1-2H3,(H,16,18). The van der Waals surface area contributed by atoms with E-state index in [4.69, 9.17) is 0 Å². The van der Waals surface area contributed by atoms with Crippen molar-refractivity contribution in [3.05, 3.63) is 36.7 Å². The van der Waals surface area contributed by atoms with Crippen molar-refractivity contribution in [1.29, 1.82) is 0 Å². The smallest absolute Gasteiger partial charge is 0.173 e. The highest BCUT2D eigenvalue weighted by Crippen LogP contribution is 2.22. The minimum Gasteiger partial charge on any atom is -0.378 e. The molecule has 2 heterocycles. The van der Waals surface area contributed by atoms with Crippen molar-refractivity contribution in [2.45, 2.75) is 4.95 Å². The normalized spacial score (nSPS) is 20.4. The maximum absolute atomic E-state index is 4.51. The summed E-state index contributed by atoms with van der Waals surface area (Å²) < 4.78 is 0. The lowest BCUT2D eigenvalue weighted by atomic mass is 10.2. The van der Waals surface area contributed by atoms with Crippen LogP contribution in [-0.4, -0.2) is 42.2 Å². The molecule has 0 amide bonds. The summed E-state index contributed by atoms with van der Waals surface area (Å²) in [5, 5.41) is 3.35. The monoisotopic (exact) mass is 333 g/mol. The number of benzene rings is 1. The summed E-state index contributed by atoms with van der Waals surface area (Å²) in [6.45, 7) is 0.734. The first kappa shape index (κ1) is 13.2. The second-order valence-corrected chi connectivity index (χ2v) is 5.91. The molecular formula is C14H16BrN5. The van der Waals surface area contributed by atoms with Gasteiger partial charge in [-0.3, -0.25) is 4.99 Å². The van der Waals surface area contributed by atoms with Gasteiger partial charge in [-0.15, -0.1) is 0 Å². The van der Waals surface area contributed by atoms with Gasteiger partial charge in [-0.05, 0) is 18.2 Å². The molecule has 1 atom stereocenters. The Labute approximate surface area is 126 Å². The Balaban J connectivity index is 1.83. The number of aliphatic imine (C=N–C) groups is 2. The van der Waals surface area contributed by atoms with Gasteiger partial charge in [-0.2, -0.15) is 0 Å². The minimum atomic E-state index is 0.217. The molecule has 0 saturated heterocycles. The molecule has 6 heteroatoms. The van der Waals surface area contributed by atoms with Crippen LogP contribution >= 0.6 is 15.9 Å². The van der Waals surface area contributed by atoms with Crippen molar-refractivity contribution in [3.63, 3.8) is 0 Å². The molecule has 104 valence electrons. The molecule has 0 spiro atoms. The Hall–Kier alpha value is -1.82. The quantitative estimate of drug-likeness (QED) is 0.668. The molecule has 0 saturated carbocycles. The zero-order valence-electron chi connectivity index (χ0n) is 11.4. The Morgan fingerprint density at radius 3 is 3.05 bits per heavy atom. The van der Waals surface area contributed by atoms with Crippen LogP contribution in [0.15, 0.2) is 46.7 Å². The number of amidine groups is 2. The Morgan fingerprint density at radius 1 is 1.40 bits per heavy atom. The number of nitrogens with zero attached hydrogens (tertiary/aromatic N) is 4. The SMILES string of the molecule is CN(C)c1cccc(NC2=NC=CN3C2=NCC3Br)c1. The lowest BCUT2D eigenvalue weighted by Gasteiger charge is -2.24. The van der Waals surface area contributed by atoms with Gasteiger partial charge in [0.15, 0.2) is 11.7 Å². The number of anilines is 2. The van der Waals surface area contributed by atoms with Gasteiger partial charge >= 0.3 is 0 Å². The molecule has 1 aromatic rings. The number of nitrogens with one attached hydrogen (secondary N) is 1. The van der Waals surface area contributed by atoms with Gasteiger partial charge in [0, 0.05) is 37.9 Å². The average Bonchev–Trinajstić information content (AvgIpc) is 2.82. The van der Waals surface area contributed by atoms with Crippen molar-refractivity contribution in [2.75, 3.05) is 30.9 Å². The molecule has 1 unspecified atom stereocenters. The second kappa shape index (κ2) is 5.28. The maximum Gasteiger partial charge on any atom is 0.173 e. The van der Waals surface area contributed by atoms with Gasteiger partial charge in [0.05, 0.1) is 6.54 Å². The number of halogens is 1. The van der Waals surface area contributed by atoms with Crippen molar-refractivity contribution >= 4 is 39.0 Å². The summed E-state index contributed by atoms with van der Waals surface area (Å²) >= 11 is 3.59. The zero-order valence-corrected chi connectivity index (χ0v) is 13.0. The summed E-state index contributed by atoms with van der Waals surface area (Å²) in [5.74, 6) is 1.66. The fourth-order valence-corrected chi connectivity index (χ4v) is 2.62. The van der Waals surface area contributed by atoms with E-state index in [1.54, 1.807) is 6.20 Å². The molecule has 0 aliphatic carbocycles. The van der Waals surface area contributed by atoms with Crippen molar-refractivity contribution in [1.82, 2.24) is 4.90 Å². The van der Waals surface area contributed by atoms with Crippen LogP contribution in [0.25, 0.3) is 0 Å². The molecule has 20 heavy (non-hydrogen) atoms. The van der Waals surface area contributed by atoms with Crippen LogP contribution in [0.3, 0.4) is 0 Å². The molecule has 0 fully saturated rings. The van der Waals surface area contributed by atoms with Crippen LogP contribution < -0.4 is 10.2 Å². The highest BCUT2D eigenvalue weighted by Gasteiger charge is 2.29. The van der Waals surface area contributed by atoms with E-state index in [-0.39, 0.29) is 4.95 Å². The van der Waals surface area contributed by atoms with E-state index in [1.807, 2.05) is 32.4 Å². The number of hydrogen-bond acceptors (Lipinski definition) is 5. The van der Waals surface area contributed by atoms with Crippen LogP contribution in [-0.2, 0) is 0 Å². The molecule has 2 aliphatic rings. The molecule has 0 aromatic heterocycles. The van der Waals surface area contributed by atoms with Crippen molar-refractivity contribution in [2.24, 2.45) is 9.98 Å². The third-order valence-corrected chi connectivity index (χ3v) is 3.94. The molecule has 3 rings (SSSR count). The van der Waals surface area contributed by atoms with Crippen LogP contribution in [0, 0.1) is 0 Å². The van der Waals surface area contributed by atoms with E-state index in [1.165, 1.54) is 0 Å². The predicted octanol–water partition coefficient (Wildman–Crippen LogP) is 2.48. The zero-order chi connectivity index (χ0) is 14.1. The first-order valence-electron chi connectivity index (χ1n) is 6.41. The predicted molar refractivity (Wildman–Crippen MR) is 87.8 cm³/mol. The molecule has 2 aliphatic heterocycles.